The van der Waals surface area contributed by atoms with Crippen LogP contribution in [0.4, 0.5) is 0 Å². The highest BCUT2D eigenvalue weighted by molar-refractivity contribution is 7.16. The molecule has 0 spiro atoms. The van der Waals surface area contributed by atoms with E-state index in [9.17, 15) is 0 Å². The lowest BCUT2D eigenvalue weighted by Gasteiger charge is -2.32. The van der Waals surface area contributed by atoms with Crippen LogP contribution in [0.2, 0.25) is 0 Å². The van der Waals surface area contributed by atoms with Crippen LogP contribution in [0.1, 0.15) is 32.6 Å². The smallest absolute Gasteiger partial charge is 0.400 e. The minimum atomic E-state index is -0.324. The Morgan fingerprint density at radius 3 is 2.28 bits per heavy atom. The van der Waals surface area contributed by atoms with Crippen molar-refractivity contribution in [3.05, 3.63) is 52.8 Å². The van der Waals surface area contributed by atoms with Crippen molar-refractivity contribution in [2.45, 2.75) is 38.9 Å². The van der Waals surface area contributed by atoms with E-state index in [0.717, 1.165) is 12.0 Å². The minimum Gasteiger partial charge on any atom is -0.400 e. The van der Waals surface area contributed by atoms with Crippen molar-refractivity contribution >= 4 is 24.5 Å². The van der Waals surface area contributed by atoms with E-state index >= 15 is 0 Å². The van der Waals surface area contributed by atoms with Crippen LogP contribution in [0.25, 0.3) is 16.5 Å². The molecule has 0 unspecified atom stereocenters. The van der Waals surface area contributed by atoms with Crippen LogP contribution in [-0.2, 0) is 9.31 Å². The zero-order chi connectivity index (χ0) is 18.1. The molecule has 1 aliphatic heterocycles. The Hall–Kier alpha value is -1.40. The van der Waals surface area contributed by atoms with Crippen molar-refractivity contribution in [1.82, 2.24) is 5.32 Å². The predicted molar refractivity (Wildman–Crippen MR) is 108 cm³/mol. The SMILES string of the molecule is CNCC(=Cc1ccc(-c2ccccc2)s1)B1OC(C)(C)C(C)(C)O1. The Morgan fingerprint density at radius 1 is 1.04 bits per heavy atom. The molecule has 0 aliphatic carbocycles. The van der Waals surface area contributed by atoms with Crippen LogP contribution in [-0.4, -0.2) is 31.9 Å². The molecular weight excluding hydrogens is 329 g/mol. The molecule has 1 fully saturated rings. The number of benzene rings is 1. The maximum Gasteiger partial charge on any atom is 0.491 e. The molecule has 3 rings (SSSR count). The zero-order valence-electron chi connectivity index (χ0n) is 15.6. The minimum absolute atomic E-state index is 0.320. The van der Waals surface area contributed by atoms with E-state index in [-0.39, 0.29) is 18.3 Å². The summed E-state index contributed by atoms with van der Waals surface area (Å²) in [5.41, 5.74) is 1.71. The molecule has 1 aromatic carbocycles. The van der Waals surface area contributed by atoms with Gasteiger partial charge in [0.25, 0.3) is 0 Å². The van der Waals surface area contributed by atoms with Gasteiger partial charge in [-0.2, -0.15) is 0 Å². The second kappa shape index (κ2) is 7.08. The second-order valence-electron chi connectivity index (χ2n) is 7.41. The van der Waals surface area contributed by atoms with Gasteiger partial charge in [-0.1, -0.05) is 30.3 Å². The molecule has 25 heavy (non-hydrogen) atoms. The lowest BCUT2D eigenvalue weighted by Crippen LogP contribution is -2.41. The van der Waals surface area contributed by atoms with Gasteiger partial charge < -0.3 is 14.6 Å². The van der Waals surface area contributed by atoms with Crippen molar-refractivity contribution < 1.29 is 9.31 Å². The van der Waals surface area contributed by atoms with Gasteiger partial charge in [0, 0.05) is 16.3 Å². The van der Waals surface area contributed by atoms with Crippen LogP contribution < -0.4 is 5.32 Å². The number of nitrogens with one attached hydrogen (secondary N) is 1. The van der Waals surface area contributed by atoms with E-state index < -0.39 is 0 Å². The largest absolute Gasteiger partial charge is 0.491 e. The maximum absolute atomic E-state index is 6.22. The topological polar surface area (TPSA) is 30.5 Å². The van der Waals surface area contributed by atoms with Gasteiger partial charge in [-0.3, -0.25) is 0 Å². The first kappa shape index (κ1) is 18.4. The Labute approximate surface area is 155 Å². The Balaban J connectivity index is 1.86. The van der Waals surface area contributed by atoms with Crippen LogP contribution in [0, 0.1) is 0 Å². The summed E-state index contributed by atoms with van der Waals surface area (Å²) in [5, 5.41) is 3.23. The lowest BCUT2D eigenvalue weighted by atomic mass is 9.77. The number of likely N-dealkylation sites (N-methyl/N-ethyl adjacent to an activating group) is 1. The van der Waals surface area contributed by atoms with Crippen LogP contribution in [0.15, 0.2) is 47.9 Å². The van der Waals surface area contributed by atoms with E-state index in [1.807, 2.05) is 13.1 Å². The molecule has 0 bridgehead atoms. The number of rotatable bonds is 5. The maximum atomic E-state index is 6.22. The predicted octanol–water partition coefficient (Wildman–Crippen LogP) is 4.65. The highest BCUT2D eigenvalue weighted by Crippen LogP contribution is 2.39. The monoisotopic (exact) mass is 355 g/mol. The fourth-order valence-electron chi connectivity index (χ4n) is 2.77. The summed E-state index contributed by atoms with van der Waals surface area (Å²) < 4.78 is 12.4. The first-order chi connectivity index (χ1) is 11.8. The highest BCUT2D eigenvalue weighted by atomic mass is 32.1. The molecule has 1 saturated heterocycles. The molecule has 1 aliphatic rings. The molecule has 2 heterocycles. The molecule has 0 radical (unpaired) electrons. The van der Waals surface area contributed by atoms with Crippen molar-refractivity contribution in [2.75, 3.05) is 13.6 Å². The molecular formula is C20H26BNO2S. The summed E-state index contributed by atoms with van der Waals surface area (Å²) in [5.74, 6) is 0. The van der Waals surface area contributed by atoms with Gasteiger partial charge in [-0.05, 0) is 64.0 Å². The van der Waals surface area contributed by atoms with Gasteiger partial charge in [0.2, 0.25) is 0 Å². The summed E-state index contributed by atoms with van der Waals surface area (Å²) in [6, 6.07) is 14.8. The summed E-state index contributed by atoms with van der Waals surface area (Å²) in [6.07, 6.45) is 2.19. The Morgan fingerprint density at radius 2 is 1.68 bits per heavy atom. The first-order valence-corrected chi connectivity index (χ1v) is 9.50. The molecule has 1 N–H and O–H groups in total. The summed E-state index contributed by atoms with van der Waals surface area (Å²) >= 11 is 1.78. The third kappa shape index (κ3) is 3.90. The van der Waals surface area contributed by atoms with Crippen LogP contribution in [0.3, 0.4) is 0 Å². The second-order valence-corrected chi connectivity index (χ2v) is 8.52. The van der Waals surface area contributed by atoms with Crippen molar-refractivity contribution in [3.63, 3.8) is 0 Å². The summed E-state index contributed by atoms with van der Waals surface area (Å²) in [7, 11) is 1.63. The van der Waals surface area contributed by atoms with Crippen LogP contribution in [0.5, 0.6) is 0 Å². The van der Waals surface area contributed by atoms with Crippen molar-refractivity contribution in [3.8, 4) is 10.4 Å². The Bertz CT molecular complexity index is 736. The third-order valence-corrected chi connectivity index (χ3v) is 6.03. The Kier molecular flexibility index (Phi) is 5.21. The van der Waals surface area contributed by atoms with Crippen LogP contribution >= 0.6 is 11.3 Å². The molecule has 0 saturated carbocycles. The van der Waals surface area contributed by atoms with Crippen molar-refractivity contribution in [2.24, 2.45) is 0 Å². The van der Waals surface area contributed by atoms with E-state index in [1.54, 1.807) is 11.3 Å². The lowest BCUT2D eigenvalue weighted by molar-refractivity contribution is 0.00578. The third-order valence-electron chi connectivity index (χ3n) is 4.95. The van der Waals surface area contributed by atoms with E-state index in [0.29, 0.717) is 0 Å². The van der Waals surface area contributed by atoms with Crippen molar-refractivity contribution in [1.29, 1.82) is 0 Å². The molecule has 1 aromatic heterocycles. The van der Waals surface area contributed by atoms with Gasteiger partial charge in [0.15, 0.2) is 0 Å². The molecule has 5 heteroatoms. The molecule has 3 nitrogen and oxygen atoms in total. The molecule has 0 amide bonds. The van der Waals surface area contributed by atoms with E-state index in [2.05, 4.69) is 75.5 Å². The first-order valence-electron chi connectivity index (χ1n) is 8.68. The molecule has 2 aromatic rings. The average molecular weight is 355 g/mol. The van der Waals surface area contributed by atoms with Gasteiger partial charge in [0.1, 0.15) is 0 Å². The summed E-state index contributed by atoms with van der Waals surface area (Å²) in [4.78, 5) is 2.48. The summed E-state index contributed by atoms with van der Waals surface area (Å²) in [6.45, 7) is 9.08. The fourth-order valence-corrected chi connectivity index (χ4v) is 3.76. The van der Waals surface area contributed by atoms with Gasteiger partial charge in [-0.15, -0.1) is 11.3 Å². The molecule has 132 valence electrons. The van der Waals surface area contributed by atoms with Gasteiger partial charge in [0.05, 0.1) is 11.2 Å². The van der Waals surface area contributed by atoms with Gasteiger partial charge >= 0.3 is 7.12 Å². The quantitative estimate of drug-likeness (QED) is 0.792. The zero-order valence-corrected chi connectivity index (χ0v) is 16.4. The van der Waals surface area contributed by atoms with Gasteiger partial charge in [-0.25, -0.2) is 0 Å². The fraction of sp³-hybridized carbons (Fsp3) is 0.400. The number of hydrogen-bond donors (Lipinski definition) is 1. The van der Waals surface area contributed by atoms with E-state index in [4.69, 9.17) is 9.31 Å². The molecule has 0 atom stereocenters. The average Bonchev–Trinajstić information content (AvgIpc) is 3.10. The highest BCUT2D eigenvalue weighted by Gasteiger charge is 2.52. The number of hydrogen-bond acceptors (Lipinski definition) is 4. The normalized spacial score (nSPS) is 19.4. The number of thiophene rings is 1. The standard InChI is InChI=1S/C20H26BNO2S/c1-19(2)20(3,4)24-21(23-19)16(14-22-5)13-17-11-12-18(25-17)15-9-7-6-8-10-15/h6-13,22H,14H2,1-5H3. The van der Waals surface area contributed by atoms with E-state index in [1.165, 1.54) is 15.3 Å².